The summed E-state index contributed by atoms with van der Waals surface area (Å²) in [5, 5.41) is 0. The van der Waals surface area contributed by atoms with Crippen LogP contribution in [0.3, 0.4) is 0 Å². The summed E-state index contributed by atoms with van der Waals surface area (Å²) in [6.45, 7) is 3.25. The lowest BCUT2D eigenvalue weighted by Crippen LogP contribution is -2.43. The Hall–Kier alpha value is -3.89. The number of carbonyl (C=O) groups is 3. The maximum atomic E-state index is 12.8. The summed E-state index contributed by atoms with van der Waals surface area (Å²) in [6, 6.07) is 6.93. The number of benzene rings is 1. The van der Waals surface area contributed by atoms with Gasteiger partial charge < -0.3 is 20.1 Å². The molecule has 1 fully saturated rings. The van der Waals surface area contributed by atoms with Gasteiger partial charge in [-0.15, -0.1) is 0 Å². The first kappa shape index (κ1) is 24.7. The lowest BCUT2D eigenvalue weighted by Gasteiger charge is -2.19. The summed E-state index contributed by atoms with van der Waals surface area (Å²) in [4.78, 5) is 64.2. The lowest BCUT2D eigenvalue weighted by molar-refractivity contribution is -0.147. The largest absolute Gasteiger partial charge is 0.495 e. The van der Waals surface area contributed by atoms with Gasteiger partial charge in [-0.2, -0.15) is 0 Å². The van der Waals surface area contributed by atoms with Gasteiger partial charge in [0.15, 0.2) is 6.61 Å². The van der Waals surface area contributed by atoms with Crippen LogP contribution in [-0.4, -0.2) is 47.1 Å². The number of methoxy groups -OCH3 is 1. The number of para-hydroxylation sites is 2. The van der Waals surface area contributed by atoms with E-state index in [-0.39, 0.29) is 37.2 Å². The van der Waals surface area contributed by atoms with Crippen molar-refractivity contribution < 1.29 is 23.9 Å². The highest BCUT2D eigenvalue weighted by molar-refractivity contribution is 6.03. The SMILES string of the molecule is COc1ccccc1N1C[C@@H](C(=O)OCC(=O)c2c(N)n(CC(C)C)c(=O)n(C)c2=O)CC1=O. The van der Waals surface area contributed by atoms with Crippen LogP contribution in [0.4, 0.5) is 11.5 Å². The average molecular weight is 472 g/mol. The van der Waals surface area contributed by atoms with E-state index in [1.54, 1.807) is 24.3 Å². The zero-order chi connectivity index (χ0) is 25.2. The van der Waals surface area contributed by atoms with Gasteiger partial charge in [0.05, 0.1) is 18.7 Å². The number of rotatable bonds is 8. The van der Waals surface area contributed by atoms with E-state index < -0.39 is 41.1 Å². The highest BCUT2D eigenvalue weighted by atomic mass is 16.5. The smallest absolute Gasteiger partial charge is 0.332 e. The molecule has 2 N–H and O–H groups in total. The molecule has 2 aromatic rings. The molecule has 0 radical (unpaired) electrons. The number of ether oxygens (including phenoxy) is 2. The number of hydrogen-bond donors (Lipinski definition) is 1. The summed E-state index contributed by atoms with van der Waals surface area (Å²) >= 11 is 0. The first-order chi connectivity index (χ1) is 16.1. The fourth-order valence-corrected chi connectivity index (χ4v) is 3.86. The summed E-state index contributed by atoms with van der Waals surface area (Å²) in [6.07, 6.45) is -0.0890. The van der Waals surface area contributed by atoms with Gasteiger partial charge in [0.25, 0.3) is 5.56 Å². The van der Waals surface area contributed by atoms with E-state index in [4.69, 9.17) is 15.2 Å². The third-order valence-electron chi connectivity index (χ3n) is 5.59. The molecule has 1 aromatic heterocycles. The number of nitrogens with two attached hydrogens (primary N) is 1. The molecule has 3 rings (SSSR count). The molecule has 1 aliphatic heterocycles. The van der Waals surface area contributed by atoms with Gasteiger partial charge in [-0.3, -0.25) is 28.3 Å². The standard InChI is InChI=1S/C23H28N4O7/c1-13(2)10-27-20(24)19(21(30)25(3)23(27)32)16(28)12-34-22(31)14-9-18(29)26(11-14)15-7-5-6-8-17(15)33-4/h5-8,13-14H,9-12,24H2,1-4H3/t14-/m0/s1. The molecule has 1 aliphatic rings. The van der Waals surface area contributed by atoms with Gasteiger partial charge in [0.2, 0.25) is 11.7 Å². The van der Waals surface area contributed by atoms with E-state index in [9.17, 15) is 24.0 Å². The van der Waals surface area contributed by atoms with Gasteiger partial charge in [-0.25, -0.2) is 4.79 Å². The lowest BCUT2D eigenvalue weighted by atomic mass is 10.1. The van der Waals surface area contributed by atoms with E-state index in [0.717, 1.165) is 9.13 Å². The van der Waals surface area contributed by atoms with Crippen LogP contribution in [-0.2, 0) is 27.9 Å². The fraction of sp³-hybridized carbons (Fsp3) is 0.435. The minimum Gasteiger partial charge on any atom is -0.495 e. The molecule has 0 spiro atoms. The number of esters is 1. The number of amides is 1. The molecule has 1 atom stereocenters. The Bertz CT molecular complexity index is 1240. The second-order valence-corrected chi connectivity index (χ2v) is 8.52. The summed E-state index contributed by atoms with van der Waals surface area (Å²) in [5.41, 5.74) is 4.62. The molecule has 0 saturated carbocycles. The van der Waals surface area contributed by atoms with Crippen LogP contribution in [0.25, 0.3) is 0 Å². The summed E-state index contributed by atoms with van der Waals surface area (Å²) < 4.78 is 12.4. The minimum atomic E-state index is -0.859. The zero-order valence-electron chi connectivity index (χ0n) is 19.6. The monoisotopic (exact) mass is 472 g/mol. The van der Waals surface area contributed by atoms with Crippen molar-refractivity contribution in [1.29, 1.82) is 0 Å². The Balaban J connectivity index is 1.74. The Morgan fingerprint density at radius 3 is 2.50 bits per heavy atom. The first-order valence-corrected chi connectivity index (χ1v) is 10.8. The molecule has 0 aliphatic carbocycles. The highest BCUT2D eigenvalue weighted by Gasteiger charge is 2.37. The highest BCUT2D eigenvalue weighted by Crippen LogP contribution is 2.33. The zero-order valence-corrected chi connectivity index (χ0v) is 19.6. The van der Waals surface area contributed by atoms with Crippen molar-refractivity contribution >= 4 is 29.2 Å². The molecule has 0 bridgehead atoms. The van der Waals surface area contributed by atoms with E-state index in [0.29, 0.717) is 11.4 Å². The summed E-state index contributed by atoms with van der Waals surface area (Å²) in [5.74, 6) is -2.38. The molecule has 2 heterocycles. The normalized spacial score (nSPS) is 15.6. The minimum absolute atomic E-state index is 0.0318. The third kappa shape index (κ3) is 4.73. The molecule has 0 unspecified atom stereocenters. The Morgan fingerprint density at radius 1 is 1.18 bits per heavy atom. The Kier molecular flexibility index (Phi) is 7.23. The predicted molar refractivity (Wildman–Crippen MR) is 124 cm³/mol. The van der Waals surface area contributed by atoms with E-state index >= 15 is 0 Å². The van der Waals surface area contributed by atoms with Crippen molar-refractivity contribution in [2.24, 2.45) is 18.9 Å². The van der Waals surface area contributed by atoms with Crippen LogP contribution in [0.5, 0.6) is 5.75 Å². The van der Waals surface area contributed by atoms with Crippen LogP contribution < -0.4 is 26.6 Å². The molecule has 1 aromatic carbocycles. The molecular weight excluding hydrogens is 444 g/mol. The topological polar surface area (TPSA) is 143 Å². The van der Waals surface area contributed by atoms with Crippen molar-refractivity contribution in [3.63, 3.8) is 0 Å². The number of aromatic nitrogens is 2. The van der Waals surface area contributed by atoms with Gasteiger partial charge in [-0.1, -0.05) is 26.0 Å². The van der Waals surface area contributed by atoms with Crippen molar-refractivity contribution in [2.45, 2.75) is 26.8 Å². The number of anilines is 2. The molecule has 1 amide bonds. The average Bonchev–Trinajstić information content (AvgIpc) is 3.20. The van der Waals surface area contributed by atoms with E-state index in [1.807, 2.05) is 13.8 Å². The number of carbonyl (C=O) groups excluding carboxylic acids is 3. The third-order valence-corrected chi connectivity index (χ3v) is 5.59. The predicted octanol–water partition coefficient (Wildman–Crippen LogP) is 0.573. The van der Waals surface area contributed by atoms with Gasteiger partial charge in [0.1, 0.15) is 17.1 Å². The Morgan fingerprint density at radius 2 is 1.85 bits per heavy atom. The molecular formula is C23H28N4O7. The van der Waals surface area contributed by atoms with Crippen LogP contribution in [0, 0.1) is 11.8 Å². The second kappa shape index (κ2) is 9.94. The van der Waals surface area contributed by atoms with Crippen molar-refractivity contribution in [3.05, 3.63) is 50.7 Å². The summed E-state index contributed by atoms with van der Waals surface area (Å²) in [7, 11) is 2.73. The number of ketones is 1. The van der Waals surface area contributed by atoms with Crippen LogP contribution >= 0.6 is 0 Å². The number of nitrogens with zero attached hydrogens (tertiary/aromatic N) is 3. The van der Waals surface area contributed by atoms with Gasteiger partial charge in [-0.05, 0) is 18.1 Å². The van der Waals surface area contributed by atoms with Crippen molar-refractivity contribution in [3.8, 4) is 5.75 Å². The van der Waals surface area contributed by atoms with Crippen molar-refractivity contribution in [1.82, 2.24) is 9.13 Å². The Labute approximate surface area is 195 Å². The van der Waals surface area contributed by atoms with E-state index in [1.165, 1.54) is 19.1 Å². The molecule has 34 heavy (non-hydrogen) atoms. The number of hydrogen-bond acceptors (Lipinski definition) is 8. The first-order valence-electron chi connectivity index (χ1n) is 10.8. The van der Waals surface area contributed by atoms with Crippen LogP contribution in [0.1, 0.15) is 30.6 Å². The number of Topliss-reactive ketones (excluding diaryl/α,β-unsaturated/α-hetero) is 1. The van der Waals surface area contributed by atoms with Crippen LogP contribution in [0.2, 0.25) is 0 Å². The quantitative estimate of drug-likeness (QED) is 0.434. The maximum Gasteiger partial charge on any atom is 0.332 e. The molecule has 11 heteroatoms. The molecule has 182 valence electrons. The maximum absolute atomic E-state index is 12.8. The van der Waals surface area contributed by atoms with Gasteiger partial charge in [0, 0.05) is 26.6 Å². The van der Waals surface area contributed by atoms with Gasteiger partial charge >= 0.3 is 11.7 Å². The van der Waals surface area contributed by atoms with Crippen molar-refractivity contribution in [2.75, 3.05) is 30.9 Å². The van der Waals surface area contributed by atoms with Crippen LogP contribution in [0.15, 0.2) is 33.9 Å². The second-order valence-electron chi connectivity index (χ2n) is 8.52. The van der Waals surface area contributed by atoms with E-state index in [2.05, 4.69) is 0 Å². The fourth-order valence-electron chi connectivity index (χ4n) is 3.86. The molecule has 11 nitrogen and oxygen atoms in total. The molecule has 1 saturated heterocycles. The number of nitrogen functional groups attached to an aromatic ring is 1.